The minimum absolute atomic E-state index is 0.724. The van der Waals surface area contributed by atoms with Gasteiger partial charge >= 0.3 is 0 Å². The topological polar surface area (TPSA) is 31.4 Å². The van der Waals surface area contributed by atoms with E-state index in [1.54, 1.807) is 0 Å². The lowest BCUT2D eigenvalue weighted by Crippen LogP contribution is -2.37. The second kappa shape index (κ2) is 6.75. The van der Waals surface area contributed by atoms with Crippen LogP contribution in [0.15, 0.2) is 18.5 Å². The van der Waals surface area contributed by atoms with Crippen LogP contribution >= 0.6 is 0 Å². The fourth-order valence-corrected chi connectivity index (χ4v) is 3.79. The van der Waals surface area contributed by atoms with E-state index in [1.807, 2.05) is 12.4 Å². The van der Waals surface area contributed by atoms with E-state index in [2.05, 4.69) is 40.1 Å². The number of rotatable bonds is 5. The molecule has 2 aliphatic heterocycles. The summed E-state index contributed by atoms with van der Waals surface area (Å²) in [5.74, 6) is 0. The number of aromatic nitrogens is 1. The van der Waals surface area contributed by atoms with Gasteiger partial charge in [-0.15, -0.1) is 0 Å². The highest BCUT2D eigenvalue weighted by molar-refractivity contribution is 5.52. The maximum Gasteiger partial charge on any atom is 0.0443 e. The molecule has 0 amide bonds. The summed E-state index contributed by atoms with van der Waals surface area (Å²) in [6.45, 7) is 6.55. The Hall–Kier alpha value is -1.13. The van der Waals surface area contributed by atoms with Gasteiger partial charge in [-0.25, -0.2) is 0 Å². The van der Waals surface area contributed by atoms with E-state index in [-0.39, 0.29) is 0 Å². The van der Waals surface area contributed by atoms with E-state index < -0.39 is 0 Å². The summed E-state index contributed by atoms with van der Waals surface area (Å²) >= 11 is 0. The van der Waals surface area contributed by atoms with Crippen LogP contribution in [0.5, 0.6) is 0 Å². The summed E-state index contributed by atoms with van der Waals surface area (Å²) in [5.41, 5.74) is 2.72. The molecule has 0 spiro atoms. The molecule has 2 aliphatic rings. The van der Waals surface area contributed by atoms with Crippen molar-refractivity contribution in [1.29, 1.82) is 0 Å². The molecule has 0 saturated carbocycles. The van der Waals surface area contributed by atoms with Crippen LogP contribution in [0.1, 0.15) is 38.2 Å². The van der Waals surface area contributed by atoms with Crippen molar-refractivity contribution < 1.29 is 0 Å². The van der Waals surface area contributed by atoms with Crippen molar-refractivity contribution in [3.8, 4) is 0 Å². The van der Waals surface area contributed by atoms with Crippen LogP contribution in [0.3, 0.4) is 0 Å². The first-order valence-electron chi connectivity index (χ1n) is 8.40. The number of anilines is 1. The molecule has 1 N–H and O–H groups in total. The van der Waals surface area contributed by atoms with Crippen LogP contribution in [0.4, 0.5) is 5.69 Å². The van der Waals surface area contributed by atoms with Gasteiger partial charge < -0.3 is 10.2 Å². The van der Waals surface area contributed by atoms with E-state index in [9.17, 15) is 0 Å². The first kappa shape index (κ1) is 14.8. The number of nitrogens with zero attached hydrogens (tertiary/aromatic N) is 3. The van der Waals surface area contributed by atoms with Gasteiger partial charge in [0.05, 0.1) is 0 Å². The smallest absolute Gasteiger partial charge is 0.0443 e. The predicted molar refractivity (Wildman–Crippen MR) is 87.6 cm³/mol. The van der Waals surface area contributed by atoms with Crippen LogP contribution in [0.2, 0.25) is 0 Å². The molecule has 2 bridgehead atoms. The third-order valence-corrected chi connectivity index (χ3v) is 5.11. The molecule has 21 heavy (non-hydrogen) atoms. The predicted octanol–water partition coefficient (Wildman–Crippen LogP) is 2.25. The summed E-state index contributed by atoms with van der Waals surface area (Å²) in [7, 11) is 2.31. The summed E-state index contributed by atoms with van der Waals surface area (Å²) in [6.07, 6.45) is 9.17. The SMILES string of the molecule is CCCNCc1cnccc1N1CCC2CCC(C1)N2C. The number of pyridine rings is 1. The zero-order valence-corrected chi connectivity index (χ0v) is 13.4. The van der Waals surface area contributed by atoms with Gasteiger partial charge in [0, 0.05) is 55.4 Å². The van der Waals surface area contributed by atoms with Crippen molar-refractivity contribution in [3.63, 3.8) is 0 Å². The van der Waals surface area contributed by atoms with Gasteiger partial charge in [-0.05, 0) is 45.3 Å². The van der Waals surface area contributed by atoms with E-state index in [1.165, 1.54) is 43.5 Å². The van der Waals surface area contributed by atoms with E-state index in [4.69, 9.17) is 0 Å². The molecule has 0 aliphatic carbocycles. The van der Waals surface area contributed by atoms with Crippen molar-refractivity contribution in [2.75, 3.05) is 31.6 Å². The normalized spacial score (nSPS) is 26.1. The number of hydrogen-bond acceptors (Lipinski definition) is 4. The van der Waals surface area contributed by atoms with Crippen LogP contribution < -0.4 is 10.2 Å². The fourth-order valence-electron chi connectivity index (χ4n) is 3.79. The highest BCUT2D eigenvalue weighted by atomic mass is 15.3. The second-order valence-corrected chi connectivity index (χ2v) is 6.47. The number of nitrogens with one attached hydrogen (secondary N) is 1. The third-order valence-electron chi connectivity index (χ3n) is 5.11. The quantitative estimate of drug-likeness (QED) is 0.842. The molecule has 4 heteroatoms. The molecule has 1 aromatic rings. The molecule has 2 atom stereocenters. The van der Waals surface area contributed by atoms with Crippen molar-refractivity contribution in [3.05, 3.63) is 24.0 Å². The van der Waals surface area contributed by atoms with Gasteiger partial charge in [0.1, 0.15) is 0 Å². The molecular formula is C17H28N4. The van der Waals surface area contributed by atoms with E-state index >= 15 is 0 Å². The Morgan fingerprint density at radius 1 is 1.29 bits per heavy atom. The summed E-state index contributed by atoms with van der Waals surface area (Å²) in [6, 6.07) is 3.72. The Kier molecular flexibility index (Phi) is 4.76. The molecule has 0 radical (unpaired) electrons. The zero-order chi connectivity index (χ0) is 14.7. The van der Waals surface area contributed by atoms with E-state index in [0.717, 1.165) is 31.7 Å². The standard InChI is InChI=1S/C17H28N4/c1-3-8-18-11-14-12-19-9-6-17(14)21-10-7-15-4-5-16(13-21)20(15)2/h6,9,12,15-16,18H,3-5,7-8,10-11,13H2,1-2H3. The molecule has 2 fully saturated rings. The van der Waals surface area contributed by atoms with Gasteiger partial charge in [0.15, 0.2) is 0 Å². The number of likely N-dealkylation sites (N-methyl/N-ethyl adjacent to an activating group) is 1. The number of hydrogen-bond donors (Lipinski definition) is 1. The Bertz CT molecular complexity index is 462. The fraction of sp³-hybridized carbons (Fsp3) is 0.706. The van der Waals surface area contributed by atoms with Crippen molar-refractivity contribution in [2.45, 2.75) is 51.2 Å². The number of fused-ring (bicyclic) bond motifs is 2. The Morgan fingerprint density at radius 3 is 3.00 bits per heavy atom. The lowest BCUT2D eigenvalue weighted by molar-refractivity contribution is 0.254. The molecule has 3 rings (SSSR count). The molecule has 3 heterocycles. The molecule has 116 valence electrons. The first-order chi connectivity index (χ1) is 10.3. The second-order valence-electron chi connectivity index (χ2n) is 6.47. The van der Waals surface area contributed by atoms with E-state index in [0.29, 0.717) is 0 Å². The van der Waals surface area contributed by atoms with Gasteiger partial charge in [0.2, 0.25) is 0 Å². The summed E-state index contributed by atoms with van der Waals surface area (Å²) in [4.78, 5) is 9.52. The summed E-state index contributed by atoms with van der Waals surface area (Å²) in [5, 5.41) is 3.51. The maximum atomic E-state index is 4.33. The van der Waals surface area contributed by atoms with Gasteiger partial charge in [-0.2, -0.15) is 0 Å². The minimum Gasteiger partial charge on any atom is -0.370 e. The van der Waals surface area contributed by atoms with Crippen molar-refractivity contribution in [2.24, 2.45) is 0 Å². The lowest BCUT2D eigenvalue weighted by atomic mass is 10.1. The minimum atomic E-state index is 0.724. The Morgan fingerprint density at radius 2 is 2.14 bits per heavy atom. The van der Waals surface area contributed by atoms with Crippen LogP contribution in [-0.4, -0.2) is 48.6 Å². The average Bonchev–Trinajstić information content (AvgIpc) is 2.73. The molecular weight excluding hydrogens is 260 g/mol. The van der Waals surface area contributed by atoms with Crippen LogP contribution in [-0.2, 0) is 6.54 Å². The first-order valence-corrected chi connectivity index (χ1v) is 8.40. The van der Waals surface area contributed by atoms with Gasteiger partial charge in [0.25, 0.3) is 0 Å². The molecule has 2 saturated heterocycles. The Labute approximate surface area is 128 Å². The monoisotopic (exact) mass is 288 g/mol. The largest absolute Gasteiger partial charge is 0.370 e. The van der Waals surface area contributed by atoms with Crippen LogP contribution in [0.25, 0.3) is 0 Å². The molecule has 2 unspecified atom stereocenters. The average molecular weight is 288 g/mol. The highest BCUT2D eigenvalue weighted by Crippen LogP contribution is 2.31. The highest BCUT2D eigenvalue weighted by Gasteiger charge is 2.34. The maximum absolute atomic E-state index is 4.33. The summed E-state index contributed by atoms with van der Waals surface area (Å²) < 4.78 is 0. The van der Waals surface area contributed by atoms with Crippen molar-refractivity contribution in [1.82, 2.24) is 15.2 Å². The molecule has 4 nitrogen and oxygen atoms in total. The van der Waals surface area contributed by atoms with Crippen LogP contribution in [0, 0.1) is 0 Å². The molecule has 1 aromatic heterocycles. The lowest BCUT2D eigenvalue weighted by Gasteiger charge is -2.29. The molecule has 0 aromatic carbocycles. The van der Waals surface area contributed by atoms with Gasteiger partial charge in [-0.1, -0.05) is 6.92 Å². The third kappa shape index (κ3) is 3.22. The van der Waals surface area contributed by atoms with Gasteiger partial charge in [-0.3, -0.25) is 9.88 Å². The van der Waals surface area contributed by atoms with Crippen molar-refractivity contribution >= 4 is 5.69 Å². The Balaban J connectivity index is 1.74. The zero-order valence-electron chi connectivity index (χ0n) is 13.4.